The van der Waals surface area contributed by atoms with Crippen LogP contribution in [0, 0.1) is 5.41 Å². The minimum atomic E-state index is -4.41. The van der Waals surface area contributed by atoms with E-state index < -0.39 is 56.7 Å². The normalized spacial score (nSPS) is 21.5. The number of benzene rings is 2. The van der Waals surface area contributed by atoms with Crippen molar-refractivity contribution in [2.75, 3.05) is 11.9 Å². The van der Waals surface area contributed by atoms with Gasteiger partial charge < -0.3 is 30.7 Å². The molecule has 0 saturated carbocycles. The fourth-order valence-corrected chi connectivity index (χ4v) is 8.74. The van der Waals surface area contributed by atoms with Gasteiger partial charge >= 0.3 is 12.1 Å². The Labute approximate surface area is 285 Å². The van der Waals surface area contributed by atoms with Crippen LogP contribution in [0.25, 0.3) is 6.08 Å². The molecular formula is C33H31N7O7S2. The Balaban J connectivity index is 1.29. The van der Waals surface area contributed by atoms with E-state index in [4.69, 9.17) is 20.6 Å². The van der Waals surface area contributed by atoms with Crippen molar-refractivity contribution in [2.24, 2.45) is 5.73 Å². The van der Waals surface area contributed by atoms with Crippen molar-refractivity contribution in [2.45, 2.75) is 35.7 Å². The number of carbonyl (C=O) groups is 3. The topological polar surface area (TPSA) is 207 Å². The maximum absolute atomic E-state index is 14.3. The van der Waals surface area contributed by atoms with Crippen LogP contribution in [0.3, 0.4) is 0 Å². The molecular weight excluding hydrogens is 671 g/mol. The summed E-state index contributed by atoms with van der Waals surface area (Å²) in [5.74, 6) is -1.95. The van der Waals surface area contributed by atoms with Crippen LogP contribution in [0.4, 0.5) is 9.93 Å². The Bertz CT molecular complexity index is 1990. The van der Waals surface area contributed by atoms with E-state index in [-0.39, 0.29) is 18.1 Å². The van der Waals surface area contributed by atoms with Gasteiger partial charge in [-0.3, -0.25) is 15.2 Å². The Kier molecular flexibility index (Phi) is 9.16. The number of aromatic nitrogens is 2. The van der Waals surface area contributed by atoms with Gasteiger partial charge in [0.05, 0.1) is 23.5 Å². The fourth-order valence-electron chi connectivity index (χ4n) is 5.74. The molecule has 2 aromatic carbocycles. The van der Waals surface area contributed by atoms with Crippen molar-refractivity contribution in [3.63, 3.8) is 0 Å². The molecule has 2 fully saturated rings. The lowest BCUT2D eigenvalue weighted by molar-refractivity contribution is -0.161. The number of nitrogens with one attached hydrogen (secondary N) is 3. The van der Waals surface area contributed by atoms with Gasteiger partial charge in [0.2, 0.25) is 0 Å². The molecule has 4 heterocycles. The van der Waals surface area contributed by atoms with Gasteiger partial charge in [-0.2, -0.15) is 0 Å². The van der Waals surface area contributed by atoms with Crippen LogP contribution in [-0.2, 0) is 35.4 Å². The number of hydrogen-bond donors (Lipinski definition) is 4. The molecule has 49 heavy (non-hydrogen) atoms. The first-order chi connectivity index (χ1) is 23.5. The van der Waals surface area contributed by atoms with Crippen LogP contribution in [0.1, 0.15) is 35.5 Å². The minimum absolute atomic E-state index is 0.0640. The highest BCUT2D eigenvalue weighted by Crippen LogP contribution is 2.50. The van der Waals surface area contributed by atoms with E-state index in [9.17, 15) is 22.8 Å². The Morgan fingerprint density at radius 3 is 2.35 bits per heavy atom. The van der Waals surface area contributed by atoms with Gasteiger partial charge in [0.1, 0.15) is 11.4 Å². The van der Waals surface area contributed by atoms with Crippen LogP contribution >= 0.6 is 11.3 Å². The van der Waals surface area contributed by atoms with Gasteiger partial charge in [0.25, 0.3) is 5.91 Å². The molecule has 0 spiro atoms. The Morgan fingerprint density at radius 2 is 1.73 bits per heavy atom. The number of sulfone groups is 1. The Morgan fingerprint density at radius 1 is 1.08 bits per heavy atom. The molecule has 4 aromatic rings. The molecule has 2 saturated heterocycles. The summed E-state index contributed by atoms with van der Waals surface area (Å²) in [5.41, 5.74) is 7.31. The van der Waals surface area contributed by atoms with E-state index >= 15 is 0 Å². The van der Waals surface area contributed by atoms with E-state index in [1.165, 1.54) is 19.2 Å². The van der Waals surface area contributed by atoms with E-state index in [1.54, 1.807) is 72.1 Å². The number of guanidine groups is 1. The molecule has 2 aliphatic heterocycles. The van der Waals surface area contributed by atoms with Crippen molar-refractivity contribution in [3.8, 4) is 0 Å². The first-order valence-electron chi connectivity index (χ1n) is 14.9. The van der Waals surface area contributed by atoms with Gasteiger partial charge in [0.15, 0.2) is 38.4 Å². The summed E-state index contributed by atoms with van der Waals surface area (Å²) < 4.78 is 38.1. The highest BCUT2D eigenvalue weighted by molar-refractivity contribution is 7.94. The zero-order chi connectivity index (χ0) is 34.8. The van der Waals surface area contributed by atoms with Crippen LogP contribution in [0.15, 0.2) is 96.0 Å². The molecule has 0 aliphatic carbocycles. The molecule has 5 N–H and O–H groups in total. The second-order valence-electron chi connectivity index (χ2n) is 11.4. The van der Waals surface area contributed by atoms with Gasteiger partial charge in [0, 0.05) is 11.6 Å². The summed E-state index contributed by atoms with van der Waals surface area (Å²) in [6.45, 7) is 0.420. The molecule has 1 unspecified atom stereocenters. The molecule has 2 aliphatic rings. The van der Waals surface area contributed by atoms with E-state index in [0.29, 0.717) is 27.6 Å². The first-order valence-corrected chi connectivity index (χ1v) is 17.4. The second-order valence-corrected chi connectivity index (χ2v) is 14.8. The first kappa shape index (κ1) is 33.3. The summed E-state index contributed by atoms with van der Waals surface area (Å²) in [6, 6.07) is 21.2. The number of nitrogens with zero attached hydrogens (tertiary/aromatic N) is 3. The van der Waals surface area contributed by atoms with Gasteiger partial charge in [-0.05, 0) is 36.3 Å². The summed E-state index contributed by atoms with van der Waals surface area (Å²) in [6.07, 6.45) is 0.981. The highest BCUT2D eigenvalue weighted by atomic mass is 32.2. The van der Waals surface area contributed by atoms with E-state index in [1.807, 2.05) is 12.1 Å². The third kappa shape index (κ3) is 6.47. The van der Waals surface area contributed by atoms with Crippen LogP contribution < -0.4 is 16.4 Å². The third-order valence-corrected chi connectivity index (χ3v) is 11.7. The molecule has 14 nitrogen and oxygen atoms in total. The average molecular weight is 702 g/mol. The number of ether oxygens (including phenoxy) is 2. The maximum Gasteiger partial charge on any atom is 0.407 e. The number of pyridine rings is 1. The monoisotopic (exact) mass is 701 g/mol. The number of rotatable bonds is 10. The molecule has 2 amide bonds. The van der Waals surface area contributed by atoms with Crippen molar-refractivity contribution < 1.29 is 32.3 Å². The van der Waals surface area contributed by atoms with Crippen molar-refractivity contribution in [3.05, 3.63) is 119 Å². The quantitative estimate of drug-likeness (QED) is 0.0621. The summed E-state index contributed by atoms with van der Waals surface area (Å²) in [4.78, 5) is 50.1. The molecule has 16 heteroatoms. The molecule has 6 rings (SSSR count). The predicted molar refractivity (Wildman–Crippen MR) is 181 cm³/mol. The van der Waals surface area contributed by atoms with Crippen molar-refractivity contribution >= 4 is 56.3 Å². The summed E-state index contributed by atoms with van der Waals surface area (Å²) >= 11 is 1.16. The van der Waals surface area contributed by atoms with Gasteiger partial charge in [-0.25, -0.2) is 23.0 Å². The smallest absolute Gasteiger partial charge is 0.407 e. The maximum atomic E-state index is 14.3. The van der Waals surface area contributed by atoms with E-state index in [0.717, 1.165) is 16.2 Å². The van der Waals surface area contributed by atoms with Crippen molar-refractivity contribution in [1.29, 1.82) is 5.41 Å². The molecule has 252 valence electrons. The largest absolute Gasteiger partial charge is 0.451 e. The van der Waals surface area contributed by atoms with Gasteiger partial charge in [-0.15, -0.1) is 11.3 Å². The van der Waals surface area contributed by atoms with Gasteiger partial charge in [-0.1, -0.05) is 66.7 Å². The SMILES string of the molecule is C[C@]1(COC(=O)NCc2csc(NC(=N)N)n2)[C@H](C(=O)OC(c2ccccc2)c2ccccc2)N2C(=O)/C(=C/c3ccccn3)C2S1(=O)=O. The number of nitrogens with two attached hydrogens (primary N) is 1. The standard InChI is InChI=1S/C33H31N7O7S2/c1-33(19-46-32(43)37-17-23-18-48-31(38-23)39-30(34)35)26(29(42)47-25(20-10-4-2-5-11-20)21-12-6-3-7-13-21)40-27(41)24(28(40)49(33,44)45)16-22-14-8-9-15-36-22/h2-16,18,25-26,28H,17,19H2,1H3,(H,37,43)(H4,34,35,38,39)/b24-16-/t26-,28?,33-/m0/s1. The summed E-state index contributed by atoms with van der Waals surface area (Å²) in [7, 11) is -4.41. The lowest BCUT2D eigenvalue weighted by Crippen LogP contribution is -2.60. The lowest BCUT2D eigenvalue weighted by Gasteiger charge is -2.39. The molecule has 0 radical (unpaired) electrons. The third-order valence-electron chi connectivity index (χ3n) is 8.15. The zero-order valence-corrected chi connectivity index (χ0v) is 27.6. The number of fused-ring (bicyclic) bond motifs is 1. The molecule has 3 atom stereocenters. The second kappa shape index (κ2) is 13.5. The fraction of sp³-hybridized carbons (Fsp3) is 0.212. The predicted octanol–water partition coefficient (Wildman–Crippen LogP) is 3.21. The lowest BCUT2D eigenvalue weighted by atomic mass is 9.94. The van der Waals surface area contributed by atoms with Crippen molar-refractivity contribution in [1.82, 2.24) is 20.2 Å². The number of thiazole rings is 1. The number of anilines is 1. The zero-order valence-electron chi connectivity index (χ0n) is 26.0. The Hall–Kier alpha value is -5.61. The minimum Gasteiger partial charge on any atom is -0.451 e. The number of esters is 1. The summed E-state index contributed by atoms with van der Waals surface area (Å²) in [5, 5.41) is 12.8. The molecule has 2 aromatic heterocycles. The van der Waals surface area contributed by atoms with Crippen LogP contribution in [0.5, 0.6) is 0 Å². The average Bonchev–Trinajstić information content (AvgIpc) is 3.61. The molecule has 0 bridgehead atoms. The highest BCUT2D eigenvalue weighted by Gasteiger charge is 2.73. The number of β-lactam (4-membered cyclic amide) rings is 1. The van der Waals surface area contributed by atoms with Crippen LogP contribution in [0.2, 0.25) is 0 Å². The number of alkyl carbamates (subject to hydrolysis) is 1. The number of amides is 2. The number of hydrogen-bond acceptors (Lipinski definition) is 11. The van der Waals surface area contributed by atoms with Crippen LogP contribution in [-0.4, -0.2) is 70.0 Å². The number of carbonyl (C=O) groups excluding carboxylic acids is 3. The van der Waals surface area contributed by atoms with E-state index in [2.05, 4.69) is 20.6 Å².